The van der Waals surface area contributed by atoms with Gasteiger partial charge in [0.15, 0.2) is 0 Å². The number of benzene rings is 2. The van der Waals surface area contributed by atoms with Crippen molar-refractivity contribution in [2.75, 3.05) is 13.2 Å². The zero-order valence-corrected chi connectivity index (χ0v) is 18.0. The summed E-state index contributed by atoms with van der Waals surface area (Å²) in [4.78, 5) is 26.5. The molecular formula is C25H31NO4. The maximum atomic E-state index is 12.8. The third-order valence-electron chi connectivity index (χ3n) is 6.26. The quantitative estimate of drug-likeness (QED) is 0.635. The molecule has 2 aromatic carbocycles. The van der Waals surface area contributed by atoms with Crippen LogP contribution >= 0.6 is 0 Å². The number of imide groups is 1. The van der Waals surface area contributed by atoms with Crippen LogP contribution in [0.5, 0.6) is 0 Å². The summed E-state index contributed by atoms with van der Waals surface area (Å²) in [6.07, 6.45) is 0.193. The number of β-amino-alcohol motifs (C(OH)–C–C–N with tert-alkyl or cyclic N) is 1. The summed E-state index contributed by atoms with van der Waals surface area (Å²) in [7, 11) is 0. The fourth-order valence-corrected chi connectivity index (χ4v) is 4.19. The van der Waals surface area contributed by atoms with E-state index in [0.29, 0.717) is 12.8 Å². The predicted octanol–water partition coefficient (Wildman–Crippen LogP) is 4.03. The Morgan fingerprint density at radius 1 is 1.03 bits per heavy atom. The van der Waals surface area contributed by atoms with Crippen LogP contribution in [-0.2, 0) is 14.3 Å². The van der Waals surface area contributed by atoms with Crippen LogP contribution in [0, 0.1) is 12.3 Å². The van der Waals surface area contributed by atoms with Crippen molar-refractivity contribution in [3.8, 4) is 0 Å². The first kappa shape index (κ1) is 22.2. The Balaban J connectivity index is 1.71. The molecule has 1 heterocycles. The van der Waals surface area contributed by atoms with Gasteiger partial charge in [0, 0.05) is 6.42 Å². The van der Waals surface area contributed by atoms with Crippen LogP contribution in [0.25, 0.3) is 0 Å². The summed E-state index contributed by atoms with van der Waals surface area (Å²) in [5.41, 5.74) is 2.50. The summed E-state index contributed by atoms with van der Waals surface area (Å²) in [5, 5.41) is 10.6. The molecule has 0 aliphatic carbocycles. The summed E-state index contributed by atoms with van der Waals surface area (Å²) < 4.78 is 6.14. The van der Waals surface area contributed by atoms with Gasteiger partial charge in [-0.15, -0.1) is 0 Å². The van der Waals surface area contributed by atoms with Crippen LogP contribution in [0.15, 0.2) is 54.6 Å². The molecule has 0 spiro atoms. The summed E-state index contributed by atoms with van der Waals surface area (Å²) in [6, 6.07) is 17.8. The molecule has 160 valence electrons. The lowest BCUT2D eigenvalue weighted by molar-refractivity contribution is -0.144. The third kappa shape index (κ3) is 4.47. The minimum Gasteiger partial charge on any atom is -0.389 e. The number of carbonyl (C=O) groups is 2. The molecule has 1 N–H and O–H groups in total. The molecule has 1 saturated heterocycles. The first-order valence-electron chi connectivity index (χ1n) is 10.7. The van der Waals surface area contributed by atoms with Gasteiger partial charge >= 0.3 is 0 Å². The number of likely N-dealkylation sites (tertiary alicyclic amines) is 1. The fourth-order valence-electron chi connectivity index (χ4n) is 4.19. The summed E-state index contributed by atoms with van der Waals surface area (Å²) in [6.45, 7) is 5.89. The van der Waals surface area contributed by atoms with E-state index in [1.807, 2.05) is 75.4 Å². The Labute approximate surface area is 178 Å². The van der Waals surface area contributed by atoms with Gasteiger partial charge in [0.05, 0.1) is 24.7 Å². The molecule has 30 heavy (non-hydrogen) atoms. The molecular weight excluding hydrogens is 378 g/mol. The number of carbonyl (C=O) groups excluding carboxylic acids is 2. The Kier molecular flexibility index (Phi) is 7.06. The van der Waals surface area contributed by atoms with Crippen molar-refractivity contribution in [3.63, 3.8) is 0 Å². The maximum absolute atomic E-state index is 12.8. The SMILES string of the molecule is CCC1(CC)CC(=O)N(C[C@@H](O)CO[C@@H](c2ccccc2)c2ccccc2C)C1=O. The predicted molar refractivity (Wildman–Crippen MR) is 116 cm³/mol. The fraction of sp³-hybridized carbons (Fsp3) is 0.440. The van der Waals surface area contributed by atoms with Crippen LogP contribution in [0.1, 0.15) is 55.9 Å². The molecule has 1 aliphatic rings. The van der Waals surface area contributed by atoms with Crippen molar-refractivity contribution >= 4 is 11.8 Å². The number of aliphatic hydroxyl groups is 1. The van der Waals surface area contributed by atoms with Gasteiger partial charge in [-0.3, -0.25) is 14.5 Å². The van der Waals surface area contributed by atoms with Crippen molar-refractivity contribution in [2.24, 2.45) is 5.41 Å². The molecule has 1 aliphatic heterocycles. The van der Waals surface area contributed by atoms with Crippen LogP contribution < -0.4 is 0 Å². The maximum Gasteiger partial charge on any atom is 0.235 e. The molecule has 5 nitrogen and oxygen atoms in total. The van der Waals surface area contributed by atoms with E-state index < -0.39 is 11.5 Å². The van der Waals surface area contributed by atoms with Gasteiger partial charge in [-0.25, -0.2) is 0 Å². The van der Waals surface area contributed by atoms with E-state index in [1.165, 1.54) is 4.90 Å². The molecule has 0 saturated carbocycles. The minimum absolute atomic E-state index is 0.0240. The average Bonchev–Trinajstić information content (AvgIpc) is 3.00. The Hall–Kier alpha value is -2.50. The highest BCUT2D eigenvalue weighted by Gasteiger charge is 2.49. The number of nitrogens with zero attached hydrogens (tertiary/aromatic N) is 1. The van der Waals surface area contributed by atoms with Crippen molar-refractivity contribution < 1.29 is 19.4 Å². The largest absolute Gasteiger partial charge is 0.389 e. The zero-order valence-electron chi connectivity index (χ0n) is 18.0. The average molecular weight is 410 g/mol. The first-order chi connectivity index (χ1) is 14.4. The van der Waals surface area contributed by atoms with Gasteiger partial charge < -0.3 is 9.84 Å². The normalized spacial score (nSPS) is 17.9. The van der Waals surface area contributed by atoms with Gasteiger partial charge in [-0.1, -0.05) is 68.4 Å². The van der Waals surface area contributed by atoms with Gasteiger partial charge in [-0.05, 0) is 36.5 Å². The molecule has 1 fully saturated rings. The topological polar surface area (TPSA) is 66.8 Å². The lowest BCUT2D eigenvalue weighted by Crippen LogP contribution is -2.41. The van der Waals surface area contributed by atoms with Crippen LogP contribution in [0.4, 0.5) is 0 Å². The number of aliphatic hydroxyl groups excluding tert-OH is 1. The highest BCUT2D eigenvalue weighted by Crippen LogP contribution is 2.39. The van der Waals surface area contributed by atoms with Gasteiger partial charge in [0.1, 0.15) is 6.10 Å². The molecule has 2 atom stereocenters. The van der Waals surface area contributed by atoms with E-state index in [4.69, 9.17) is 4.74 Å². The second-order valence-corrected chi connectivity index (χ2v) is 8.11. The Bertz CT molecular complexity index is 876. The van der Waals surface area contributed by atoms with E-state index >= 15 is 0 Å². The van der Waals surface area contributed by atoms with Crippen LogP contribution in [0.2, 0.25) is 0 Å². The van der Waals surface area contributed by atoms with Crippen molar-refractivity contribution in [1.29, 1.82) is 0 Å². The van der Waals surface area contributed by atoms with Crippen LogP contribution in [0.3, 0.4) is 0 Å². The standard InChI is InChI=1S/C25H31NO4/c1-4-25(5-2)15-22(28)26(24(25)29)16-20(27)17-30-23(19-12-7-6-8-13-19)21-14-10-9-11-18(21)3/h6-14,20,23,27H,4-5,15-17H2,1-3H3/t20-,23+/m1/s1. The molecule has 0 unspecified atom stereocenters. The molecule has 3 rings (SSSR count). The first-order valence-corrected chi connectivity index (χ1v) is 10.7. The Morgan fingerprint density at radius 3 is 2.27 bits per heavy atom. The van der Waals surface area contributed by atoms with E-state index in [9.17, 15) is 14.7 Å². The number of hydrogen-bond acceptors (Lipinski definition) is 4. The van der Waals surface area contributed by atoms with E-state index in [2.05, 4.69) is 0 Å². The number of hydrogen-bond donors (Lipinski definition) is 1. The van der Waals surface area contributed by atoms with Crippen molar-refractivity contribution in [3.05, 3.63) is 71.3 Å². The Morgan fingerprint density at radius 2 is 1.67 bits per heavy atom. The zero-order chi connectivity index (χ0) is 21.7. The number of aryl methyl sites for hydroxylation is 1. The number of amides is 2. The second kappa shape index (κ2) is 9.54. The summed E-state index contributed by atoms with van der Waals surface area (Å²) in [5.74, 6) is -0.378. The molecule has 2 amide bonds. The van der Waals surface area contributed by atoms with E-state index in [-0.39, 0.29) is 37.5 Å². The highest BCUT2D eigenvalue weighted by molar-refractivity contribution is 6.05. The lowest BCUT2D eigenvalue weighted by atomic mass is 9.81. The smallest absolute Gasteiger partial charge is 0.235 e. The third-order valence-corrected chi connectivity index (χ3v) is 6.26. The lowest BCUT2D eigenvalue weighted by Gasteiger charge is -2.26. The van der Waals surface area contributed by atoms with Gasteiger partial charge in [0.25, 0.3) is 0 Å². The van der Waals surface area contributed by atoms with E-state index in [0.717, 1.165) is 16.7 Å². The second-order valence-electron chi connectivity index (χ2n) is 8.11. The molecule has 0 bridgehead atoms. The monoisotopic (exact) mass is 409 g/mol. The van der Waals surface area contributed by atoms with Gasteiger partial charge in [0.2, 0.25) is 11.8 Å². The minimum atomic E-state index is -0.947. The van der Waals surface area contributed by atoms with E-state index in [1.54, 1.807) is 0 Å². The molecule has 2 aromatic rings. The summed E-state index contributed by atoms with van der Waals surface area (Å²) >= 11 is 0. The highest BCUT2D eigenvalue weighted by atomic mass is 16.5. The molecule has 0 aromatic heterocycles. The van der Waals surface area contributed by atoms with Crippen molar-refractivity contribution in [1.82, 2.24) is 4.90 Å². The molecule has 0 radical (unpaired) electrons. The van der Waals surface area contributed by atoms with Crippen LogP contribution in [-0.4, -0.2) is 41.1 Å². The van der Waals surface area contributed by atoms with Crippen molar-refractivity contribution in [2.45, 2.75) is 52.2 Å². The van der Waals surface area contributed by atoms with Gasteiger partial charge in [-0.2, -0.15) is 0 Å². The molecule has 5 heteroatoms. The number of rotatable bonds is 9. The number of ether oxygens (including phenoxy) is 1.